The van der Waals surface area contributed by atoms with Crippen LogP contribution in [0, 0.1) is 12.8 Å². The molecule has 0 radical (unpaired) electrons. The minimum Gasteiger partial charge on any atom is -0.371 e. The molecule has 202 valence electrons. The van der Waals surface area contributed by atoms with Crippen LogP contribution in [-0.4, -0.2) is 43.2 Å². The molecule has 37 heavy (non-hydrogen) atoms. The topological polar surface area (TPSA) is 18.8 Å². The lowest BCUT2D eigenvalue weighted by atomic mass is 10.1. The van der Waals surface area contributed by atoms with Crippen LogP contribution in [0.5, 0.6) is 0 Å². The Hall–Kier alpha value is -2.30. The predicted octanol–water partition coefficient (Wildman–Crippen LogP) is 8.54. The van der Waals surface area contributed by atoms with Gasteiger partial charge in [-0.15, -0.1) is 6.58 Å². The molecule has 0 bridgehead atoms. The fourth-order valence-corrected chi connectivity index (χ4v) is 5.64. The van der Waals surface area contributed by atoms with Crippen molar-refractivity contribution in [3.05, 3.63) is 89.4 Å². The summed E-state index contributed by atoms with van der Waals surface area (Å²) >= 11 is 1.80. The van der Waals surface area contributed by atoms with Crippen molar-refractivity contribution in [3.63, 3.8) is 0 Å². The van der Waals surface area contributed by atoms with Crippen LogP contribution in [0.2, 0.25) is 0 Å². The van der Waals surface area contributed by atoms with Crippen LogP contribution < -0.4 is 4.90 Å². The molecule has 4 heteroatoms. The zero-order valence-electron chi connectivity index (χ0n) is 24.0. The van der Waals surface area contributed by atoms with Crippen LogP contribution in [0.25, 0.3) is 0 Å². The second-order valence-corrected chi connectivity index (χ2v) is 11.2. The summed E-state index contributed by atoms with van der Waals surface area (Å²) in [6, 6.07) is 18.1. The fourth-order valence-electron chi connectivity index (χ4n) is 4.68. The highest BCUT2D eigenvalue weighted by Gasteiger charge is 2.26. The molecule has 1 aliphatic rings. The van der Waals surface area contributed by atoms with E-state index in [0.717, 1.165) is 32.5 Å². The highest BCUT2D eigenvalue weighted by atomic mass is 32.2. The third-order valence-electron chi connectivity index (χ3n) is 6.68. The van der Waals surface area contributed by atoms with E-state index < -0.39 is 0 Å². The summed E-state index contributed by atoms with van der Waals surface area (Å²) in [6.07, 6.45) is 7.36. The van der Waals surface area contributed by atoms with E-state index in [1.165, 1.54) is 64.7 Å². The van der Waals surface area contributed by atoms with Gasteiger partial charge >= 0.3 is 0 Å². The molecule has 0 amide bonds. The lowest BCUT2D eigenvalue weighted by molar-refractivity contribution is 0.266. The number of allylic oxidation sites excluding steroid dienone is 1. The summed E-state index contributed by atoms with van der Waals surface area (Å²) in [5, 5.41) is 1.19. The average molecular weight is 520 g/mol. The molecule has 1 heterocycles. The van der Waals surface area contributed by atoms with E-state index >= 15 is 0 Å². The number of thioether (sulfide) groups is 1. The average Bonchev–Trinajstić information content (AvgIpc) is 3.39. The van der Waals surface area contributed by atoms with Crippen molar-refractivity contribution in [2.24, 2.45) is 10.9 Å². The van der Waals surface area contributed by atoms with Gasteiger partial charge in [0.1, 0.15) is 0 Å². The Labute approximate surface area is 231 Å². The van der Waals surface area contributed by atoms with Crippen molar-refractivity contribution < 1.29 is 0 Å². The van der Waals surface area contributed by atoms with Gasteiger partial charge in [0, 0.05) is 38.3 Å². The Bertz CT molecular complexity index is 956. The van der Waals surface area contributed by atoms with Crippen LogP contribution >= 0.6 is 11.8 Å². The van der Waals surface area contributed by atoms with Gasteiger partial charge in [0.15, 0.2) is 0 Å². The maximum atomic E-state index is 4.57. The Morgan fingerprint density at radius 3 is 2.22 bits per heavy atom. The first-order chi connectivity index (χ1) is 17.9. The lowest BCUT2D eigenvalue weighted by Crippen LogP contribution is -2.25. The first-order valence-corrected chi connectivity index (χ1v) is 14.8. The van der Waals surface area contributed by atoms with Crippen molar-refractivity contribution in [1.82, 2.24) is 4.90 Å². The number of hydrogen-bond donors (Lipinski definition) is 0. The predicted molar refractivity (Wildman–Crippen MR) is 168 cm³/mol. The standard InChI is InChI=1S/C30H43N3S.C3H6/c1-6-19-32(20-7-2)22-27-12-15-29(16-13-27)33-21-18-28(23-33)25(4)34-30(31-5)17-14-26-10-8-24(3)9-11-26;1-3-2/h8-13,15-16,28H,4,6-7,14,17-23H2,1-3,5H3;3H,1H2,2H3. The summed E-state index contributed by atoms with van der Waals surface area (Å²) in [6.45, 7) is 21.9. The molecule has 0 aliphatic carbocycles. The number of nitrogens with zero attached hydrogens (tertiary/aromatic N) is 3. The minimum atomic E-state index is 0.519. The number of benzene rings is 2. The van der Waals surface area contributed by atoms with Crippen LogP contribution in [0.1, 0.15) is 63.1 Å². The minimum absolute atomic E-state index is 0.519. The zero-order valence-corrected chi connectivity index (χ0v) is 24.8. The smallest absolute Gasteiger partial charge is 0.0720 e. The van der Waals surface area contributed by atoms with Gasteiger partial charge in [0.25, 0.3) is 0 Å². The summed E-state index contributed by atoms with van der Waals surface area (Å²) in [4.78, 5) is 10.9. The highest BCUT2D eigenvalue weighted by Crippen LogP contribution is 2.34. The summed E-state index contributed by atoms with van der Waals surface area (Å²) < 4.78 is 0. The van der Waals surface area contributed by atoms with Crippen molar-refractivity contribution in [3.8, 4) is 0 Å². The molecule has 3 rings (SSSR count). The van der Waals surface area contributed by atoms with Gasteiger partial charge < -0.3 is 4.90 Å². The Balaban J connectivity index is 0.00000153. The van der Waals surface area contributed by atoms with E-state index in [1.807, 2.05) is 14.0 Å². The van der Waals surface area contributed by atoms with E-state index in [0.29, 0.717) is 5.92 Å². The number of aryl methyl sites for hydroxylation is 2. The maximum absolute atomic E-state index is 4.57. The molecular weight excluding hydrogens is 470 g/mol. The van der Waals surface area contributed by atoms with Gasteiger partial charge in [0.2, 0.25) is 0 Å². The van der Waals surface area contributed by atoms with Gasteiger partial charge in [-0.25, -0.2) is 0 Å². The third-order valence-corrected chi connectivity index (χ3v) is 7.90. The van der Waals surface area contributed by atoms with E-state index in [4.69, 9.17) is 0 Å². The van der Waals surface area contributed by atoms with Gasteiger partial charge in [-0.3, -0.25) is 9.89 Å². The van der Waals surface area contributed by atoms with Crippen LogP contribution in [-0.2, 0) is 13.0 Å². The van der Waals surface area contributed by atoms with Crippen molar-refractivity contribution in [1.29, 1.82) is 0 Å². The third kappa shape index (κ3) is 10.9. The van der Waals surface area contributed by atoms with Crippen LogP contribution in [0.4, 0.5) is 5.69 Å². The molecule has 0 N–H and O–H groups in total. The molecule has 1 unspecified atom stereocenters. The number of rotatable bonds is 12. The quantitative estimate of drug-likeness (QED) is 0.159. The first kappa shape index (κ1) is 30.9. The summed E-state index contributed by atoms with van der Waals surface area (Å²) in [5.74, 6) is 0.519. The van der Waals surface area contributed by atoms with Gasteiger partial charge in [-0.1, -0.05) is 80.2 Å². The monoisotopic (exact) mass is 519 g/mol. The molecule has 1 aliphatic heterocycles. The lowest BCUT2D eigenvalue weighted by Gasteiger charge is -2.22. The van der Waals surface area contributed by atoms with Gasteiger partial charge in [0.05, 0.1) is 5.04 Å². The van der Waals surface area contributed by atoms with Crippen molar-refractivity contribution >= 4 is 22.5 Å². The van der Waals surface area contributed by atoms with E-state index in [2.05, 4.69) is 97.3 Å². The number of aliphatic imine (C=N–C) groups is 1. The molecule has 1 saturated heterocycles. The van der Waals surface area contributed by atoms with Crippen molar-refractivity contribution in [2.75, 3.05) is 38.1 Å². The van der Waals surface area contributed by atoms with Crippen molar-refractivity contribution in [2.45, 2.75) is 66.3 Å². The number of hydrogen-bond acceptors (Lipinski definition) is 4. The molecule has 3 nitrogen and oxygen atoms in total. The molecule has 0 aromatic heterocycles. The second kappa shape index (κ2) is 17.3. The molecule has 2 aromatic carbocycles. The Morgan fingerprint density at radius 1 is 1.05 bits per heavy atom. The van der Waals surface area contributed by atoms with Gasteiger partial charge in [-0.05, 0) is 87.2 Å². The fraction of sp³-hybridized carbons (Fsp3) is 0.485. The normalized spacial score (nSPS) is 15.5. The number of anilines is 1. The molecule has 2 aromatic rings. The van der Waals surface area contributed by atoms with Gasteiger partial charge in [-0.2, -0.15) is 0 Å². The highest BCUT2D eigenvalue weighted by molar-refractivity contribution is 8.17. The summed E-state index contributed by atoms with van der Waals surface area (Å²) in [7, 11) is 1.91. The Kier molecular flexibility index (Phi) is 14.4. The zero-order chi connectivity index (χ0) is 27.0. The van der Waals surface area contributed by atoms with E-state index in [1.54, 1.807) is 17.8 Å². The molecule has 0 saturated carbocycles. The SMILES string of the molecule is C=C(SC(CCc1ccc(C)cc1)=NC)C1CCN(c2ccc(CN(CCC)CCC)cc2)C1.C=CC. The van der Waals surface area contributed by atoms with Crippen LogP contribution in [0.3, 0.4) is 0 Å². The summed E-state index contributed by atoms with van der Waals surface area (Å²) in [5.41, 5.74) is 5.44. The maximum Gasteiger partial charge on any atom is 0.0720 e. The first-order valence-electron chi connectivity index (χ1n) is 13.9. The van der Waals surface area contributed by atoms with E-state index in [-0.39, 0.29) is 0 Å². The van der Waals surface area contributed by atoms with E-state index in [9.17, 15) is 0 Å². The Morgan fingerprint density at radius 2 is 1.65 bits per heavy atom. The molecule has 1 fully saturated rings. The second-order valence-electron chi connectivity index (χ2n) is 9.95. The molecule has 0 spiro atoms. The molecular formula is C33H49N3S. The molecule has 1 atom stereocenters. The largest absolute Gasteiger partial charge is 0.371 e. The van der Waals surface area contributed by atoms with Crippen LogP contribution in [0.15, 0.2) is 77.7 Å².